The predicted molar refractivity (Wildman–Crippen MR) is 347 cm³/mol. The number of hydrogen-bond donors (Lipinski definition) is 3. The summed E-state index contributed by atoms with van der Waals surface area (Å²) in [5, 5.41) is 23.4. The molecule has 0 rings (SSSR count). The van der Waals surface area contributed by atoms with Crippen LogP contribution < -0.4 is 5.32 Å². The van der Waals surface area contributed by atoms with Crippen LogP contribution in [0.1, 0.15) is 406 Å². The number of carbonyl (C=O) groups excluding carboxylic acids is 2. The molecule has 0 radical (unpaired) electrons. The molecular formula is C73H141NO5. The zero-order valence-corrected chi connectivity index (χ0v) is 53.6. The van der Waals surface area contributed by atoms with Gasteiger partial charge in [0.25, 0.3) is 0 Å². The molecular weight excluding hydrogens is 971 g/mol. The highest BCUT2D eigenvalue weighted by Gasteiger charge is 2.20. The average molecular weight is 1110 g/mol. The molecule has 3 N–H and O–H groups in total. The second-order valence-corrected chi connectivity index (χ2v) is 24.9. The quantitative estimate of drug-likeness (QED) is 0.0320. The lowest BCUT2D eigenvalue weighted by atomic mass is 10.0. The van der Waals surface area contributed by atoms with Gasteiger partial charge >= 0.3 is 5.97 Å². The van der Waals surface area contributed by atoms with Gasteiger partial charge in [-0.3, -0.25) is 9.59 Å². The molecule has 0 fully saturated rings. The van der Waals surface area contributed by atoms with Crippen molar-refractivity contribution in [2.75, 3.05) is 13.2 Å². The highest BCUT2D eigenvalue weighted by Crippen LogP contribution is 2.19. The first-order chi connectivity index (χ1) is 39.0. The van der Waals surface area contributed by atoms with E-state index in [1.54, 1.807) is 0 Å². The summed E-state index contributed by atoms with van der Waals surface area (Å²) in [6.45, 7) is 4.97. The van der Waals surface area contributed by atoms with Gasteiger partial charge in [-0.1, -0.05) is 359 Å². The Kier molecular flexibility index (Phi) is 67.4. The number of aliphatic hydroxyl groups excluding tert-OH is 2. The normalized spacial score (nSPS) is 12.6. The summed E-state index contributed by atoms with van der Waals surface area (Å²) < 4.78 is 5.50. The van der Waals surface area contributed by atoms with E-state index in [9.17, 15) is 19.8 Å². The number of nitrogens with one attached hydrogen (secondary N) is 1. The Bertz CT molecular complexity index is 1230. The van der Waals surface area contributed by atoms with Crippen molar-refractivity contribution in [1.29, 1.82) is 0 Å². The van der Waals surface area contributed by atoms with Crippen LogP contribution in [0.2, 0.25) is 0 Å². The Balaban J connectivity index is 3.36. The number of hydrogen-bond acceptors (Lipinski definition) is 5. The molecule has 2 unspecified atom stereocenters. The maximum absolute atomic E-state index is 12.5. The van der Waals surface area contributed by atoms with E-state index in [0.717, 1.165) is 51.4 Å². The molecule has 79 heavy (non-hydrogen) atoms. The molecule has 2 atom stereocenters. The monoisotopic (exact) mass is 1110 g/mol. The lowest BCUT2D eigenvalue weighted by molar-refractivity contribution is -0.143. The van der Waals surface area contributed by atoms with Crippen LogP contribution in [0.3, 0.4) is 0 Å². The second kappa shape index (κ2) is 68.8. The number of amides is 1. The molecule has 0 aromatic heterocycles. The number of unbranched alkanes of at least 4 members (excludes halogenated alkanes) is 53. The minimum Gasteiger partial charge on any atom is -0.466 e. The van der Waals surface area contributed by atoms with Crippen molar-refractivity contribution in [3.63, 3.8) is 0 Å². The minimum absolute atomic E-state index is 0.00913. The maximum atomic E-state index is 12.5. The third-order valence-corrected chi connectivity index (χ3v) is 17.0. The van der Waals surface area contributed by atoms with Crippen molar-refractivity contribution >= 4 is 11.9 Å². The molecule has 0 aromatic carbocycles. The van der Waals surface area contributed by atoms with Crippen molar-refractivity contribution in [1.82, 2.24) is 5.32 Å². The Morgan fingerprint density at radius 3 is 0.975 bits per heavy atom. The van der Waals surface area contributed by atoms with Gasteiger partial charge in [0.15, 0.2) is 0 Å². The Hall–Kier alpha value is -1.66. The van der Waals surface area contributed by atoms with E-state index in [4.69, 9.17) is 4.74 Å². The van der Waals surface area contributed by atoms with Gasteiger partial charge < -0.3 is 20.3 Å². The standard InChI is InChI=1S/C73H141NO5/c1-3-5-7-9-11-13-15-17-19-21-23-30-33-37-41-45-49-53-57-61-65-71(76)70(69-75)74-72(77)66-62-58-54-50-46-42-38-34-31-28-26-24-25-27-29-32-36-40-44-48-52-56-60-64-68-79-73(78)67-63-59-55-51-47-43-39-35-22-20-18-16-14-12-10-8-6-4-2/h14,16,20,22,70-71,75-76H,3-13,15,17-19,21,23-69H2,1-2H3,(H,74,77)/b16-14-,22-20-. The number of carbonyl (C=O) groups is 2. The van der Waals surface area contributed by atoms with Gasteiger partial charge in [-0.25, -0.2) is 0 Å². The van der Waals surface area contributed by atoms with E-state index in [2.05, 4.69) is 43.5 Å². The molecule has 0 aliphatic carbocycles. The topological polar surface area (TPSA) is 95.9 Å². The number of esters is 1. The summed E-state index contributed by atoms with van der Waals surface area (Å²) in [5.41, 5.74) is 0. The van der Waals surface area contributed by atoms with Gasteiger partial charge in [0.05, 0.1) is 25.4 Å². The summed E-state index contributed by atoms with van der Waals surface area (Å²) in [6, 6.07) is -0.541. The van der Waals surface area contributed by atoms with Crippen LogP contribution in [0.15, 0.2) is 24.3 Å². The molecule has 0 spiro atoms. The summed E-state index contributed by atoms with van der Waals surface area (Å²) in [6.07, 6.45) is 86.5. The lowest BCUT2D eigenvalue weighted by Gasteiger charge is -2.22. The zero-order chi connectivity index (χ0) is 57.1. The minimum atomic E-state index is -0.664. The van der Waals surface area contributed by atoms with Gasteiger partial charge in [-0.15, -0.1) is 0 Å². The van der Waals surface area contributed by atoms with Crippen molar-refractivity contribution < 1.29 is 24.5 Å². The number of allylic oxidation sites excluding steroid dienone is 4. The van der Waals surface area contributed by atoms with Crippen molar-refractivity contribution in [2.45, 2.75) is 418 Å². The van der Waals surface area contributed by atoms with Crippen LogP contribution in [0.25, 0.3) is 0 Å². The molecule has 0 aromatic rings. The first-order valence-corrected chi connectivity index (χ1v) is 36.1. The van der Waals surface area contributed by atoms with Crippen molar-refractivity contribution in [2.24, 2.45) is 0 Å². The molecule has 0 aliphatic rings. The predicted octanol–water partition coefficient (Wildman–Crippen LogP) is 23.3. The van der Waals surface area contributed by atoms with Gasteiger partial charge in [-0.05, 0) is 57.8 Å². The smallest absolute Gasteiger partial charge is 0.305 e. The molecule has 0 heterocycles. The Morgan fingerprint density at radius 1 is 0.354 bits per heavy atom. The van der Waals surface area contributed by atoms with Gasteiger partial charge in [0.2, 0.25) is 5.91 Å². The van der Waals surface area contributed by atoms with Crippen LogP contribution >= 0.6 is 0 Å². The third kappa shape index (κ3) is 65.4. The van der Waals surface area contributed by atoms with Crippen LogP contribution in [0.5, 0.6) is 0 Å². The van der Waals surface area contributed by atoms with E-state index in [1.165, 1.54) is 321 Å². The molecule has 468 valence electrons. The third-order valence-electron chi connectivity index (χ3n) is 17.0. The molecule has 6 heteroatoms. The van der Waals surface area contributed by atoms with E-state index < -0.39 is 12.1 Å². The van der Waals surface area contributed by atoms with Gasteiger partial charge in [-0.2, -0.15) is 0 Å². The van der Waals surface area contributed by atoms with Crippen LogP contribution in [-0.4, -0.2) is 47.4 Å². The van der Waals surface area contributed by atoms with E-state index in [-0.39, 0.29) is 18.5 Å². The van der Waals surface area contributed by atoms with Crippen LogP contribution in [-0.2, 0) is 14.3 Å². The zero-order valence-electron chi connectivity index (χ0n) is 53.6. The average Bonchev–Trinajstić information content (AvgIpc) is 3.45. The van der Waals surface area contributed by atoms with E-state index in [1.807, 2.05) is 0 Å². The fraction of sp³-hybridized carbons (Fsp3) is 0.918. The number of ether oxygens (including phenoxy) is 1. The van der Waals surface area contributed by atoms with Crippen LogP contribution in [0, 0.1) is 0 Å². The van der Waals surface area contributed by atoms with Gasteiger partial charge in [0.1, 0.15) is 0 Å². The molecule has 0 aliphatic heterocycles. The van der Waals surface area contributed by atoms with E-state index in [0.29, 0.717) is 25.9 Å². The SMILES string of the molecule is CCCCCC/C=C\C/C=C\CCCCCCCCCC(=O)OCCCCCCCCCCCCCCCCCCCCCCCCCCC(=O)NC(CO)C(O)CCCCCCCCCCCCCCCCCCCCCC. The lowest BCUT2D eigenvalue weighted by Crippen LogP contribution is -2.45. The molecule has 1 amide bonds. The Labute approximate surface area is 494 Å². The molecule has 0 bridgehead atoms. The summed E-state index contributed by atoms with van der Waals surface area (Å²) in [5.74, 6) is -0.0204. The van der Waals surface area contributed by atoms with Crippen molar-refractivity contribution in [3.05, 3.63) is 24.3 Å². The summed E-state index contributed by atoms with van der Waals surface area (Å²) >= 11 is 0. The summed E-state index contributed by atoms with van der Waals surface area (Å²) in [4.78, 5) is 24.7. The molecule has 0 saturated carbocycles. The van der Waals surface area contributed by atoms with Crippen molar-refractivity contribution in [3.8, 4) is 0 Å². The fourth-order valence-electron chi connectivity index (χ4n) is 11.5. The molecule has 6 nitrogen and oxygen atoms in total. The van der Waals surface area contributed by atoms with E-state index >= 15 is 0 Å². The van der Waals surface area contributed by atoms with Gasteiger partial charge in [0, 0.05) is 12.8 Å². The highest BCUT2D eigenvalue weighted by atomic mass is 16.5. The molecule has 0 saturated heterocycles. The second-order valence-electron chi connectivity index (χ2n) is 24.9. The first kappa shape index (κ1) is 77.3. The highest BCUT2D eigenvalue weighted by molar-refractivity contribution is 5.76. The number of rotatable bonds is 68. The maximum Gasteiger partial charge on any atom is 0.305 e. The van der Waals surface area contributed by atoms with Crippen LogP contribution in [0.4, 0.5) is 0 Å². The summed E-state index contributed by atoms with van der Waals surface area (Å²) in [7, 11) is 0. The first-order valence-electron chi connectivity index (χ1n) is 36.1. The fourth-order valence-corrected chi connectivity index (χ4v) is 11.5. The number of aliphatic hydroxyl groups is 2. The largest absolute Gasteiger partial charge is 0.466 e. The Morgan fingerprint density at radius 2 is 0.633 bits per heavy atom.